The van der Waals surface area contributed by atoms with Crippen LogP contribution in [0.2, 0.25) is 0 Å². The molecular weight excluding hydrogens is 252 g/mol. The molecule has 74 valence electrons. The minimum absolute atomic E-state index is 0.252. The summed E-state index contributed by atoms with van der Waals surface area (Å²) in [6.07, 6.45) is -5.26. The predicted octanol–water partition coefficient (Wildman–Crippen LogP) is 3.91. The Balaban J connectivity index is 5.26. The average molecular weight is 259 g/mol. The van der Waals surface area contributed by atoms with Gasteiger partial charge in [-0.2, -0.15) is 0 Å². The third kappa shape index (κ3) is 3.34. The molecule has 13 heavy (non-hydrogen) atoms. The standard InChI is InChI=1S/C8H7BrF4/c1-3-5(7(10)11)6(4(2)9)8(12)13/h3,7-8H,1-2H2/b6-5-. The van der Waals surface area contributed by atoms with Crippen LogP contribution < -0.4 is 0 Å². The van der Waals surface area contributed by atoms with Crippen LogP contribution in [-0.4, -0.2) is 12.9 Å². The summed E-state index contributed by atoms with van der Waals surface area (Å²) in [4.78, 5) is 0. The lowest BCUT2D eigenvalue weighted by molar-refractivity contribution is 0.170. The van der Waals surface area contributed by atoms with Crippen molar-refractivity contribution >= 4 is 15.9 Å². The van der Waals surface area contributed by atoms with E-state index in [0.717, 1.165) is 0 Å². The van der Waals surface area contributed by atoms with Crippen LogP contribution in [0.5, 0.6) is 0 Å². The largest absolute Gasteiger partial charge is 0.265 e. The van der Waals surface area contributed by atoms with Crippen molar-refractivity contribution in [3.63, 3.8) is 0 Å². The first-order chi connectivity index (χ1) is 5.91. The molecule has 0 aliphatic rings. The Bertz CT molecular complexity index is 243. The minimum atomic E-state index is -2.99. The topological polar surface area (TPSA) is 0 Å². The molecule has 0 bridgehead atoms. The highest BCUT2D eigenvalue weighted by molar-refractivity contribution is 9.11. The number of hydrogen-bond acceptors (Lipinski definition) is 0. The average Bonchev–Trinajstić information content (AvgIpc) is 1.97. The van der Waals surface area contributed by atoms with Gasteiger partial charge >= 0.3 is 0 Å². The van der Waals surface area contributed by atoms with E-state index >= 15 is 0 Å². The molecule has 0 fully saturated rings. The minimum Gasteiger partial charge on any atom is -0.205 e. The number of halogens is 5. The summed E-state index contributed by atoms with van der Waals surface area (Å²) >= 11 is 2.64. The Morgan fingerprint density at radius 2 is 1.62 bits per heavy atom. The van der Waals surface area contributed by atoms with Crippen LogP contribution in [0.25, 0.3) is 0 Å². The molecule has 0 saturated heterocycles. The Morgan fingerprint density at radius 1 is 1.15 bits per heavy atom. The predicted molar refractivity (Wildman–Crippen MR) is 47.3 cm³/mol. The highest BCUT2D eigenvalue weighted by atomic mass is 79.9. The number of rotatable bonds is 4. The third-order valence-electron chi connectivity index (χ3n) is 1.28. The Labute approximate surface area is 81.8 Å². The number of hydrogen-bond donors (Lipinski definition) is 0. The summed E-state index contributed by atoms with van der Waals surface area (Å²) in [5, 5.41) is 0. The first kappa shape index (κ1) is 12.4. The van der Waals surface area contributed by atoms with Gasteiger partial charge in [0.1, 0.15) is 0 Å². The van der Waals surface area contributed by atoms with Gasteiger partial charge in [-0.15, -0.1) is 0 Å². The van der Waals surface area contributed by atoms with Crippen molar-refractivity contribution < 1.29 is 17.6 Å². The lowest BCUT2D eigenvalue weighted by Gasteiger charge is -2.09. The van der Waals surface area contributed by atoms with E-state index in [-0.39, 0.29) is 4.48 Å². The van der Waals surface area contributed by atoms with Gasteiger partial charge in [-0.25, -0.2) is 17.6 Å². The molecule has 0 atom stereocenters. The molecular formula is C8H7BrF4. The summed E-state index contributed by atoms with van der Waals surface area (Å²) in [7, 11) is 0. The molecule has 0 rings (SSSR count). The quantitative estimate of drug-likeness (QED) is 0.530. The van der Waals surface area contributed by atoms with Gasteiger partial charge in [0.05, 0.1) is 0 Å². The van der Waals surface area contributed by atoms with Crippen molar-refractivity contribution in [3.05, 3.63) is 34.9 Å². The van der Waals surface area contributed by atoms with Crippen LogP contribution in [0, 0.1) is 0 Å². The maximum atomic E-state index is 12.2. The highest BCUT2D eigenvalue weighted by Crippen LogP contribution is 2.28. The van der Waals surface area contributed by atoms with Crippen LogP contribution in [0.1, 0.15) is 0 Å². The molecule has 0 radical (unpaired) electrons. The molecule has 0 amide bonds. The Morgan fingerprint density at radius 3 is 1.69 bits per heavy atom. The first-order valence-corrected chi connectivity index (χ1v) is 3.98. The van der Waals surface area contributed by atoms with Gasteiger partial charge in [-0.05, 0) is 0 Å². The van der Waals surface area contributed by atoms with Crippen molar-refractivity contribution in [1.82, 2.24) is 0 Å². The molecule has 0 nitrogen and oxygen atoms in total. The fraction of sp³-hybridized carbons (Fsp3) is 0.250. The fourth-order valence-corrected chi connectivity index (χ4v) is 1.12. The van der Waals surface area contributed by atoms with Gasteiger partial charge < -0.3 is 0 Å². The van der Waals surface area contributed by atoms with E-state index in [4.69, 9.17) is 0 Å². The molecule has 0 aromatic carbocycles. The maximum Gasteiger partial charge on any atom is 0.265 e. The van der Waals surface area contributed by atoms with Crippen LogP contribution in [0.15, 0.2) is 34.9 Å². The summed E-state index contributed by atoms with van der Waals surface area (Å²) in [5.74, 6) is 0. The van der Waals surface area contributed by atoms with Gasteiger partial charge in [-0.1, -0.05) is 35.2 Å². The molecule has 0 heterocycles. The zero-order chi connectivity index (χ0) is 10.6. The van der Waals surface area contributed by atoms with Crippen molar-refractivity contribution in [3.8, 4) is 0 Å². The normalized spacial score (nSPS) is 13.2. The van der Waals surface area contributed by atoms with Crippen molar-refractivity contribution in [1.29, 1.82) is 0 Å². The monoisotopic (exact) mass is 258 g/mol. The van der Waals surface area contributed by atoms with E-state index in [2.05, 4.69) is 29.1 Å². The molecule has 0 aromatic rings. The second-order valence-electron chi connectivity index (χ2n) is 2.08. The summed E-state index contributed by atoms with van der Waals surface area (Å²) < 4.78 is 48.5. The molecule has 0 spiro atoms. The summed E-state index contributed by atoms with van der Waals surface area (Å²) in [5.41, 5.74) is -1.60. The van der Waals surface area contributed by atoms with Crippen LogP contribution in [-0.2, 0) is 0 Å². The zero-order valence-corrected chi connectivity index (χ0v) is 8.12. The van der Waals surface area contributed by atoms with Crippen molar-refractivity contribution in [2.24, 2.45) is 0 Å². The zero-order valence-electron chi connectivity index (χ0n) is 6.54. The molecule has 5 heteroatoms. The smallest absolute Gasteiger partial charge is 0.205 e. The summed E-state index contributed by atoms with van der Waals surface area (Å²) in [6.45, 7) is 6.16. The molecule has 0 aliphatic heterocycles. The highest BCUT2D eigenvalue weighted by Gasteiger charge is 2.22. The molecule has 0 aromatic heterocycles. The van der Waals surface area contributed by atoms with Crippen LogP contribution >= 0.6 is 15.9 Å². The molecule has 0 N–H and O–H groups in total. The molecule has 0 aliphatic carbocycles. The van der Waals surface area contributed by atoms with E-state index in [9.17, 15) is 17.6 Å². The van der Waals surface area contributed by atoms with Gasteiger partial charge in [0, 0.05) is 15.6 Å². The molecule has 0 saturated carbocycles. The van der Waals surface area contributed by atoms with E-state index < -0.39 is 24.0 Å². The van der Waals surface area contributed by atoms with E-state index in [0.29, 0.717) is 6.08 Å². The lowest BCUT2D eigenvalue weighted by Crippen LogP contribution is -2.06. The Hall–Kier alpha value is -0.580. The van der Waals surface area contributed by atoms with E-state index in [1.807, 2.05) is 0 Å². The van der Waals surface area contributed by atoms with Crippen LogP contribution in [0.4, 0.5) is 17.6 Å². The van der Waals surface area contributed by atoms with Gasteiger partial charge in [0.25, 0.3) is 12.9 Å². The van der Waals surface area contributed by atoms with Crippen molar-refractivity contribution in [2.45, 2.75) is 12.9 Å². The number of alkyl halides is 4. The van der Waals surface area contributed by atoms with Crippen molar-refractivity contribution in [2.75, 3.05) is 0 Å². The van der Waals surface area contributed by atoms with E-state index in [1.54, 1.807) is 0 Å². The SMILES string of the molecule is C=C/C(=C(\C(=C)Br)C(F)F)C(F)F. The van der Waals surface area contributed by atoms with Gasteiger partial charge in [0.15, 0.2) is 0 Å². The maximum absolute atomic E-state index is 12.2. The first-order valence-electron chi connectivity index (χ1n) is 3.19. The molecule has 0 unspecified atom stereocenters. The Kier molecular flexibility index (Phi) is 4.98. The second kappa shape index (κ2) is 5.21. The van der Waals surface area contributed by atoms with Crippen LogP contribution in [0.3, 0.4) is 0 Å². The fourth-order valence-electron chi connectivity index (χ4n) is 0.718. The second-order valence-corrected chi connectivity index (χ2v) is 3.04. The van der Waals surface area contributed by atoms with Gasteiger partial charge in [0.2, 0.25) is 0 Å². The van der Waals surface area contributed by atoms with Gasteiger partial charge in [-0.3, -0.25) is 0 Å². The third-order valence-corrected chi connectivity index (χ3v) is 1.70. The van der Waals surface area contributed by atoms with E-state index in [1.165, 1.54) is 0 Å². The number of allylic oxidation sites excluding steroid dienone is 4. The lowest BCUT2D eigenvalue weighted by atomic mass is 10.1. The summed E-state index contributed by atoms with van der Waals surface area (Å²) in [6, 6.07) is 0.